The maximum absolute atomic E-state index is 13.1. The minimum Gasteiger partial charge on any atom is -0.465 e. The molecule has 2 rings (SSSR count). The molecule has 0 aliphatic rings. The zero-order valence-corrected chi connectivity index (χ0v) is 9.64. The van der Waals surface area contributed by atoms with Crippen molar-refractivity contribution in [2.75, 3.05) is 5.32 Å². The fourth-order valence-electron chi connectivity index (χ4n) is 1.69. The fraction of sp³-hybridized carbons (Fsp3) is 0.0769. The molecule has 0 saturated heterocycles. The molecule has 0 radical (unpaired) electrons. The van der Waals surface area contributed by atoms with Crippen LogP contribution in [-0.4, -0.2) is 16.2 Å². The first-order valence-electron chi connectivity index (χ1n) is 5.28. The number of rotatable bonds is 2. The van der Waals surface area contributed by atoms with E-state index in [0.717, 1.165) is 17.3 Å². The SMILES string of the molecule is Cc1ccc(NC(=O)O)cc1-c1cncc(F)c1. The van der Waals surface area contributed by atoms with Crippen LogP contribution in [-0.2, 0) is 0 Å². The number of nitrogens with zero attached hydrogens (tertiary/aromatic N) is 1. The Bertz CT molecular complexity index is 599. The molecule has 0 saturated carbocycles. The minimum atomic E-state index is -1.14. The molecule has 0 spiro atoms. The van der Waals surface area contributed by atoms with Crippen molar-refractivity contribution >= 4 is 11.8 Å². The topological polar surface area (TPSA) is 62.2 Å². The number of carbonyl (C=O) groups is 1. The van der Waals surface area contributed by atoms with Crippen molar-refractivity contribution in [1.29, 1.82) is 0 Å². The summed E-state index contributed by atoms with van der Waals surface area (Å²) in [6, 6.07) is 6.44. The van der Waals surface area contributed by atoms with Crippen molar-refractivity contribution in [1.82, 2.24) is 4.98 Å². The number of hydrogen-bond acceptors (Lipinski definition) is 2. The van der Waals surface area contributed by atoms with Gasteiger partial charge in [-0.2, -0.15) is 0 Å². The third-order valence-electron chi connectivity index (χ3n) is 2.50. The average Bonchev–Trinajstić information content (AvgIpc) is 2.31. The zero-order valence-electron chi connectivity index (χ0n) is 9.64. The lowest BCUT2D eigenvalue weighted by atomic mass is 10.0. The van der Waals surface area contributed by atoms with Crippen LogP contribution in [0.3, 0.4) is 0 Å². The molecule has 5 heteroatoms. The highest BCUT2D eigenvalue weighted by Crippen LogP contribution is 2.26. The van der Waals surface area contributed by atoms with E-state index in [1.54, 1.807) is 18.2 Å². The predicted octanol–water partition coefficient (Wildman–Crippen LogP) is 3.29. The molecule has 0 aliphatic heterocycles. The lowest BCUT2D eigenvalue weighted by Gasteiger charge is -2.08. The third kappa shape index (κ3) is 2.63. The van der Waals surface area contributed by atoms with E-state index in [2.05, 4.69) is 10.3 Å². The highest BCUT2D eigenvalue weighted by Gasteiger charge is 2.06. The van der Waals surface area contributed by atoms with Crippen molar-refractivity contribution in [2.45, 2.75) is 6.92 Å². The number of nitrogens with one attached hydrogen (secondary N) is 1. The van der Waals surface area contributed by atoms with Crippen LogP contribution in [0.1, 0.15) is 5.56 Å². The first kappa shape index (κ1) is 12.0. The Hall–Kier alpha value is -2.43. The average molecular weight is 246 g/mol. The number of aromatic nitrogens is 1. The van der Waals surface area contributed by atoms with Crippen LogP contribution < -0.4 is 5.32 Å². The smallest absolute Gasteiger partial charge is 0.409 e. The Morgan fingerprint density at radius 1 is 1.33 bits per heavy atom. The maximum Gasteiger partial charge on any atom is 0.409 e. The van der Waals surface area contributed by atoms with Gasteiger partial charge in [-0.25, -0.2) is 9.18 Å². The van der Waals surface area contributed by atoms with Gasteiger partial charge in [0.25, 0.3) is 0 Å². The van der Waals surface area contributed by atoms with E-state index >= 15 is 0 Å². The molecule has 1 heterocycles. The van der Waals surface area contributed by atoms with E-state index in [-0.39, 0.29) is 0 Å². The molecule has 0 atom stereocenters. The summed E-state index contributed by atoms with van der Waals surface area (Å²) in [6.45, 7) is 1.87. The van der Waals surface area contributed by atoms with E-state index in [4.69, 9.17) is 5.11 Å². The van der Waals surface area contributed by atoms with Crippen LogP contribution in [0.15, 0.2) is 36.7 Å². The number of halogens is 1. The normalized spacial score (nSPS) is 10.1. The Kier molecular flexibility index (Phi) is 3.23. The summed E-state index contributed by atoms with van der Waals surface area (Å²) in [5.74, 6) is -0.427. The van der Waals surface area contributed by atoms with E-state index in [0.29, 0.717) is 11.3 Å². The Labute approximate surface area is 103 Å². The summed E-state index contributed by atoms with van der Waals surface area (Å²) < 4.78 is 13.1. The van der Waals surface area contributed by atoms with Gasteiger partial charge in [-0.3, -0.25) is 10.3 Å². The third-order valence-corrected chi connectivity index (χ3v) is 2.50. The monoisotopic (exact) mass is 246 g/mol. The molecule has 0 aliphatic carbocycles. The number of carboxylic acid groups (broad SMARTS) is 1. The second-order valence-corrected chi connectivity index (χ2v) is 3.85. The van der Waals surface area contributed by atoms with Crippen LogP contribution >= 0.6 is 0 Å². The number of hydrogen-bond donors (Lipinski definition) is 2. The van der Waals surface area contributed by atoms with Crippen LogP contribution in [0, 0.1) is 12.7 Å². The van der Waals surface area contributed by atoms with Gasteiger partial charge in [-0.05, 0) is 36.2 Å². The molecule has 1 amide bonds. The first-order chi connectivity index (χ1) is 8.56. The second-order valence-electron chi connectivity index (χ2n) is 3.85. The summed E-state index contributed by atoms with van der Waals surface area (Å²) in [4.78, 5) is 14.4. The van der Waals surface area contributed by atoms with Gasteiger partial charge in [0.15, 0.2) is 0 Å². The fourth-order valence-corrected chi connectivity index (χ4v) is 1.69. The lowest BCUT2D eigenvalue weighted by Crippen LogP contribution is -2.07. The maximum atomic E-state index is 13.1. The van der Waals surface area contributed by atoms with Gasteiger partial charge in [0.2, 0.25) is 0 Å². The van der Waals surface area contributed by atoms with Crippen LogP contribution in [0.2, 0.25) is 0 Å². The molecule has 1 aromatic carbocycles. The van der Waals surface area contributed by atoms with Gasteiger partial charge < -0.3 is 5.11 Å². The first-order valence-corrected chi connectivity index (χ1v) is 5.28. The second kappa shape index (κ2) is 4.83. The van der Waals surface area contributed by atoms with E-state index < -0.39 is 11.9 Å². The molecule has 4 nitrogen and oxygen atoms in total. The minimum absolute atomic E-state index is 0.427. The summed E-state index contributed by atoms with van der Waals surface area (Å²) in [5.41, 5.74) is 2.71. The largest absolute Gasteiger partial charge is 0.465 e. The number of aryl methyl sites for hydroxylation is 1. The molecular weight excluding hydrogens is 235 g/mol. The van der Waals surface area contributed by atoms with E-state index in [1.807, 2.05) is 6.92 Å². The quantitative estimate of drug-likeness (QED) is 0.854. The molecular formula is C13H11FN2O2. The van der Waals surface area contributed by atoms with Gasteiger partial charge in [0, 0.05) is 17.4 Å². The lowest BCUT2D eigenvalue weighted by molar-refractivity contribution is 0.210. The Morgan fingerprint density at radius 3 is 2.78 bits per heavy atom. The molecule has 0 bridgehead atoms. The van der Waals surface area contributed by atoms with Crippen LogP contribution in [0.25, 0.3) is 11.1 Å². The van der Waals surface area contributed by atoms with Crippen molar-refractivity contribution in [3.8, 4) is 11.1 Å². The highest BCUT2D eigenvalue weighted by atomic mass is 19.1. The molecule has 92 valence electrons. The Morgan fingerprint density at radius 2 is 2.11 bits per heavy atom. The van der Waals surface area contributed by atoms with Gasteiger partial charge >= 0.3 is 6.09 Å². The van der Waals surface area contributed by atoms with E-state index in [9.17, 15) is 9.18 Å². The van der Waals surface area contributed by atoms with Crippen LogP contribution in [0.4, 0.5) is 14.9 Å². The molecule has 2 N–H and O–H groups in total. The number of pyridine rings is 1. The number of benzene rings is 1. The molecule has 0 fully saturated rings. The summed E-state index contributed by atoms with van der Waals surface area (Å²) in [6.07, 6.45) is 1.52. The van der Waals surface area contributed by atoms with Crippen molar-refractivity contribution in [2.24, 2.45) is 0 Å². The summed E-state index contributed by atoms with van der Waals surface area (Å²) >= 11 is 0. The number of anilines is 1. The summed E-state index contributed by atoms with van der Waals surface area (Å²) in [7, 11) is 0. The Balaban J connectivity index is 2.46. The number of amides is 1. The van der Waals surface area contributed by atoms with Crippen LogP contribution in [0.5, 0.6) is 0 Å². The van der Waals surface area contributed by atoms with Gasteiger partial charge in [-0.1, -0.05) is 6.07 Å². The highest BCUT2D eigenvalue weighted by molar-refractivity contribution is 5.84. The predicted molar refractivity (Wildman–Crippen MR) is 66.0 cm³/mol. The van der Waals surface area contributed by atoms with Gasteiger partial charge in [0.1, 0.15) is 5.82 Å². The molecule has 1 aromatic heterocycles. The van der Waals surface area contributed by atoms with Crippen molar-refractivity contribution < 1.29 is 14.3 Å². The van der Waals surface area contributed by atoms with Gasteiger partial charge in [0.05, 0.1) is 6.20 Å². The molecule has 0 unspecified atom stereocenters. The van der Waals surface area contributed by atoms with Gasteiger partial charge in [-0.15, -0.1) is 0 Å². The van der Waals surface area contributed by atoms with Crippen molar-refractivity contribution in [3.05, 3.63) is 48.0 Å². The van der Waals surface area contributed by atoms with Crippen molar-refractivity contribution in [3.63, 3.8) is 0 Å². The molecule has 18 heavy (non-hydrogen) atoms. The zero-order chi connectivity index (χ0) is 13.1. The summed E-state index contributed by atoms with van der Waals surface area (Å²) in [5, 5.41) is 10.9. The van der Waals surface area contributed by atoms with E-state index in [1.165, 1.54) is 12.3 Å². The standard InChI is InChI=1S/C13H11FN2O2/c1-8-2-3-11(16-13(17)18)5-12(8)9-4-10(14)7-15-6-9/h2-7,16H,1H3,(H,17,18). The molecule has 2 aromatic rings.